The van der Waals surface area contributed by atoms with E-state index in [1.807, 2.05) is 32.0 Å². The molecule has 0 aromatic heterocycles. The number of urea groups is 1. The second-order valence-electron chi connectivity index (χ2n) is 7.23. The number of ether oxygens (including phenoxy) is 2. The summed E-state index contributed by atoms with van der Waals surface area (Å²) in [7, 11) is 0. The van der Waals surface area contributed by atoms with Gasteiger partial charge < -0.3 is 25.4 Å². The number of fused-ring (bicyclic) bond motifs is 1. The van der Waals surface area contributed by atoms with E-state index in [2.05, 4.69) is 16.0 Å². The summed E-state index contributed by atoms with van der Waals surface area (Å²) in [6.45, 7) is 5.75. The smallest absolute Gasteiger partial charge is 0.315 e. The molecule has 2 aromatic carbocycles. The van der Waals surface area contributed by atoms with Crippen molar-refractivity contribution in [2.24, 2.45) is 5.92 Å². The molecular weight excluding hydrogens is 388 g/mol. The average Bonchev–Trinajstić information content (AvgIpc) is 2.74. The first-order valence-electron chi connectivity index (χ1n) is 9.87. The van der Waals surface area contributed by atoms with Gasteiger partial charge in [-0.1, -0.05) is 32.0 Å². The van der Waals surface area contributed by atoms with Gasteiger partial charge in [0.1, 0.15) is 18.9 Å². The summed E-state index contributed by atoms with van der Waals surface area (Å²) < 4.78 is 11.2. The van der Waals surface area contributed by atoms with Gasteiger partial charge in [-0.05, 0) is 29.7 Å². The molecule has 3 N–H and O–H groups in total. The first kappa shape index (κ1) is 21.2. The predicted molar refractivity (Wildman–Crippen MR) is 113 cm³/mol. The van der Waals surface area contributed by atoms with Crippen LogP contribution in [0.15, 0.2) is 42.5 Å². The van der Waals surface area contributed by atoms with Gasteiger partial charge in [-0.25, -0.2) is 4.79 Å². The van der Waals surface area contributed by atoms with E-state index >= 15 is 0 Å². The van der Waals surface area contributed by atoms with Crippen molar-refractivity contribution in [3.8, 4) is 11.5 Å². The Kier molecular flexibility index (Phi) is 6.95. The molecule has 0 bridgehead atoms. The van der Waals surface area contributed by atoms with Crippen molar-refractivity contribution in [1.82, 2.24) is 10.6 Å². The molecule has 2 aromatic rings. The number of para-hydroxylation sites is 2. The summed E-state index contributed by atoms with van der Waals surface area (Å²) in [4.78, 5) is 23.0. The number of nitro benzene ring substituents is 1. The van der Waals surface area contributed by atoms with Gasteiger partial charge in [-0.3, -0.25) is 10.1 Å². The highest BCUT2D eigenvalue weighted by atomic mass is 16.6. The molecule has 9 heteroatoms. The maximum absolute atomic E-state index is 12.4. The summed E-state index contributed by atoms with van der Waals surface area (Å²) in [6, 6.07) is 11.6. The lowest BCUT2D eigenvalue weighted by Crippen LogP contribution is -2.41. The summed E-state index contributed by atoms with van der Waals surface area (Å²) >= 11 is 0. The van der Waals surface area contributed by atoms with Gasteiger partial charge >= 0.3 is 6.03 Å². The highest BCUT2D eigenvalue weighted by Crippen LogP contribution is 2.34. The van der Waals surface area contributed by atoms with Gasteiger partial charge in [0, 0.05) is 19.2 Å². The normalized spacial score (nSPS) is 13.4. The number of nitro groups is 1. The Bertz CT molecular complexity index is 903. The average molecular weight is 414 g/mol. The Hall–Kier alpha value is -3.49. The third-order valence-electron chi connectivity index (χ3n) is 4.71. The molecule has 1 unspecified atom stereocenters. The SMILES string of the molecule is CC(C)C(NC(=O)NCCNc1ccccc1[N+](=O)[O-])c1ccc2c(c1)OCCO2. The summed E-state index contributed by atoms with van der Waals surface area (Å²) in [6.07, 6.45) is 0. The van der Waals surface area contributed by atoms with E-state index in [1.165, 1.54) is 6.07 Å². The van der Waals surface area contributed by atoms with Crippen LogP contribution in [-0.2, 0) is 0 Å². The molecule has 0 aliphatic carbocycles. The van der Waals surface area contributed by atoms with E-state index in [-0.39, 0.29) is 23.7 Å². The zero-order valence-electron chi connectivity index (χ0n) is 17.0. The summed E-state index contributed by atoms with van der Waals surface area (Å²) in [5, 5.41) is 19.8. The van der Waals surface area contributed by atoms with Crippen LogP contribution in [0.5, 0.6) is 11.5 Å². The van der Waals surface area contributed by atoms with Gasteiger partial charge in [0.15, 0.2) is 11.5 Å². The topological polar surface area (TPSA) is 115 Å². The maximum atomic E-state index is 12.4. The van der Waals surface area contributed by atoms with Crippen LogP contribution in [0.3, 0.4) is 0 Å². The number of benzene rings is 2. The molecule has 2 amide bonds. The fraction of sp³-hybridized carbons (Fsp3) is 0.381. The Morgan fingerprint density at radius 3 is 2.57 bits per heavy atom. The highest BCUT2D eigenvalue weighted by Gasteiger charge is 2.21. The molecule has 30 heavy (non-hydrogen) atoms. The number of nitrogens with zero attached hydrogens (tertiary/aromatic N) is 1. The molecule has 160 valence electrons. The van der Waals surface area contributed by atoms with Crippen LogP contribution < -0.4 is 25.4 Å². The second-order valence-corrected chi connectivity index (χ2v) is 7.23. The van der Waals surface area contributed by atoms with Crippen molar-refractivity contribution in [1.29, 1.82) is 0 Å². The third-order valence-corrected chi connectivity index (χ3v) is 4.71. The number of carbonyl (C=O) groups excluding carboxylic acids is 1. The van der Waals surface area contributed by atoms with Crippen LogP contribution in [0.1, 0.15) is 25.5 Å². The van der Waals surface area contributed by atoms with Crippen molar-refractivity contribution in [3.63, 3.8) is 0 Å². The zero-order chi connectivity index (χ0) is 21.5. The highest BCUT2D eigenvalue weighted by molar-refractivity contribution is 5.74. The number of carbonyl (C=O) groups is 1. The van der Waals surface area contributed by atoms with Gasteiger partial charge in [-0.2, -0.15) is 0 Å². The van der Waals surface area contributed by atoms with Gasteiger partial charge in [0.05, 0.1) is 11.0 Å². The fourth-order valence-electron chi connectivity index (χ4n) is 3.24. The van der Waals surface area contributed by atoms with Crippen LogP contribution >= 0.6 is 0 Å². The van der Waals surface area contributed by atoms with Crippen molar-refractivity contribution in [3.05, 3.63) is 58.1 Å². The molecular formula is C21H26N4O5. The summed E-state index contributed by atoms with van der Waals surface area (Å²) in [5.41, 5.74) is 1.35. The molecule has 0 spiro atoms. The van der Waals surface area contributed by atoms with Crippen molar-refractivity contribution in [2.75, 3.05) is 31.6 Å². The van der Waals surface area contributed by atoms with Crippen molar-refractivity contribution >= 4 is 17.4 Å². The molecule has 0 saturated carbocycles. The largest absolute Gasteiger partial charge is 0.486 e. The molecule has 0 fully saturated rings. The number of hydrogen-bond acceptors (Lipinski definition) is 6. The second kappa shape index (κ2) is 9.82. The third kappa shape index (κ3) is 5.31. The monoisotopic (exact) mass is 414 g/mol. The number of amides is 2. The molecule has 9 nitrogen and oxygen atoms in total. The quantitative estimate of drug-likeness (QED) is 0.346. The predicted octanol–water partition coefficient (Wildman–Crippen LogP) is 3.47. The van der Waals surface area contributed by atoms with Crippen molar-refractivity contribution in [2.45, 2.75) is 19.9 Å². The molecule has 1 aliphatic rings. The number of hydrogen-bond donors (Lipinski definition) is 3. The van der Waals surface area contributed by atoms with Crippen LogP contribution in [0.25, 0.3) is 0 Å². The van der Waals surface area contributed by atoms with E-state index in [4.69, 9.17) is 9.47 Å². The van der Waals surface area contributed by atoms with Gasteiger partial charge in [-0.15, -0.1) is 0 Å². The van der Waals surface area contributed by atoms with E-state index in [0.717, 1.165) is 5.56 Å². The Labute approximate surface area is 174 Å². The minimum Gasteiger partial charge on any atom is -0.486 e. The molecule has 0 radical (unpaired) electrons. The van der Waals surface area contributed by atoms with Crippen molar-refractivity contribution < 1.29 is 19.2 Å². The maximum Gasteiger partial charge on any atom is 0.315 e. The van der Waals surface area contributed by atoms with Gasteiger partial charge in [0.25, 0.3) is 5.69 Å². The zero-order valence-corrected chi connectivity index (χ0v) is 17.0. The van der Waals surface area contributed by atoms with Gasteiger partial charge in [0.2, 0.25) is 0 Å². The minimum absolute atomic E-state index is 0.000400. The number of rotatable bonds is 8. The first-order chi connectivity index (χ1) is 14.5. The number of nitrogens with one attached hydrogen (secondary N) is 3. The van der Waals surface area contributed by atoms with Crippen LogP contribution in [0, 0.1) is 16.0 Å². The standard InChI is InChI=1S/C21H26N4O5/c1-14(2)20(15-7-8-18-19(13-15)30-12-11-29-18)24-21(26)23-10-9-22-16-5-3-4-6-17(16)25(27)28/h3-8,13-14,20,22H,9-12H2,1-2H3,(H2,23,24,26). The van der Waals surface area contributed by atoms with Crippen LogP contribution in [0.4, 0.5) is 16.2 Å². The van der Waals surface area contributed by atoms with Crippen LogP contribution in [0.2, 0.25) is 0 Å². The fourth-order valence-corrected chi connectivity index (χ4v) is 3.24. The lowest BCUT2D eigenvalue weighted by Gasteiger charge is -2.25. The Balaban J connectivity index is 1.53. The lowest BCUT2D eigenvalue weighted by molar-refractivity contribution is -0.384. The lowest BCUT2D eigenvalue weighted by atomic mass is 9.95. The molecule has 1 atom stereocenters. The molecule has 1 aliphatic heterocycles. The Morgan fingerprint density at radius 1 is 1.10 bits per heavy atom. The molecule has 0 saturated heterocycles. The molecule has 1 heterocycles. The minimum atomic E-state index is -0.441. The van der Waals surface area contributed by atoms with E-state index < -0.39 is 4.92 Å². The number of anilines is 1. The first-order valence-corrected chi connectivity index (χ1v) is 9.87. The Morgan fingerprint density at radius 2 is 1.83 bits per heavy atom. The van der Waals surface area contributed by atoms with E-state index in [0.29, 0.717) is 43.5 Å². The van der Waals surface area contributed by atoms with E-state index in [9.17, 15) is 14.9 Å². The summed E-state index contributed by atoms with van der Waals surface area (Å²) in [5.74, 6) is 1.54. The molecule has 3 rings (SSSR count). The van der Waals surface area contributed by atoms with E-state index in [1.54, 1.807) is 18.2 Å². The van der Waals surface area contributed by atoms with Crippen LogP contribution in [-0.4, -0.2) is 37.3 Å².